The quantitative estimate of drug-likeness (QED) is 0.757. The van der Waals surface area contributed by atoms with Crippen molar-refractivity contribution in [3.8, 4) is 0 Å². The molecule has 0 aromatic rings. The molecule has 2 N–H and O–H groups in total. The van der Waals surface area contributed by atoms with Crippen molar-refractivity contribution in [1.82, 2.24) is 5.32 Å². The van der Waals surface area contributed by atoms with Gasteiger partial charge >= 0.3 is 5.97 Å². The first kappa shape index (κ1) is 13.2. The second kappa shape index (κ2) is 5.59. The Kier molecular flexibility index (Phi) is 4.33. The van der Waals surface area contributed by atoms with Crippen LogP contribution in [-0.2, 0) is 9.53 Å². The van der Waals surface area contributed by atoms with Crippen molar-refractivity contribution in [2.75, 3.05) is 19.8 Å². The Bertz CT molecular complexity index is 283. The van der Waals surface area contributed by atoms with Gasteiger partial charge in [-0.15, -0.1) is 0 Å². The Morgan fingerprint density at radius 1 is 1.53 bits per heavy atom. The van der Waals surface area contributed by atoms with Gasteiger partial charge < -0.3 is 15.2 Å². The first-order valence-electron chi connectivity index (χ1n) is 6.38. The highest BCUT2D eigenvalue weighted by Gasteiger charge is 2.46. The van der Waals surface area contributed by atoms with Gasteiger partial charge in [0.05, 0.1) is 18.5 Å². The minimum absolute atomic E-state index is 0.476. The molecule has 0 aromatic heterocycles. The van der Waals surface area contributed by atoms with Crippen LogP contribution < -0.4 is 5.32 Å². The topological polar surface area (TPSA) is 58.6 Å². The molecular weight excluding hydrogens is 238 g/mol. The predicted molar refractivity (Wildman–Crippen MR) is 68.5 cm³/mol. The van der Waals surface area contributed by atoms with E-state index in [0.717, 1.165) is 45.4 Å². The molecule has 0 aromatic carbocycles. The largest absolute Gasteiger partial charge is 0.480 e. The van der Waals surface area contributed by atoms with Crippen LogP contribution in [0.4, 0.5) is 0 Å². The van der Waals surface area contributed by atoms with Crippen molar-refractivity contribution in [3.63, 3.8) is 0 Å². The predicted octanol–water partition coefficient (Wildman–Crippen LogP) is 1.49. The maximum Gasteiger partial charge on any atom is 0.323 e. The first-order chi connectivity index (χ1) is 8.16. The Morgan fingerprint density at radius 2 is 2.29 bits per heavy atom. The van der Waals surface area contributed by atoms with Crippen LogP contribution >= 0.6 is 11.8 Å². The Labute approximate surface area is 106 Å². The molecule has 1 saturated heterocycles. The lowest BCUT2D eigenvalue weighted by Gasteiger charge is -2.29. The third-order valence-electron chi connectivity index (χ3n) is 3.58. The van der Waals surface area contributed by atoms with Crippen molar-refractivity contribution in [1.29, 1.82) is 0 Å². The molecule has 0 bridgehead atoms. The van der Waals surface area contributed by atoms with Crippen LogP contribution in [0.5, 0.6) is 0 Å². The number of carboxylic acid groups (broad SMARTS) is 1. The minimum Gasteiger partial charge on any atom is -0.480 e. The van der Waals surface area contributed by atoms with E-state index >= 15 is 0 Å². The fraction of sp³-hybridized carbons (Fsp3) is 0.917. The highest BCUT2D eigenvalue weighted by Crippen LogP contribution is 2.40. The highest BCUT2D eigenvalue weighted by molar-refractivity contribution is 8.00. The van der Waals surface area contributed by atoms with Crippen LogP contribution in [0, 0.1) is 0 Å². The molecule has 2 atom stereocenters. The van der Waals surface area contributed by atoms with Gasteiger partial charge in [0.15, 0.2) is 0 Å². The number of thioether (sulfide) groups is 1. The average molecular weight is 259 g/mol. The van der Waals surface area contributed by atoms with Gasteiger partial charge in [0.1, 0.15) is 5.54 Å². The lowest BCUT2D eigenvalue weighted by Crippen LogP contribution is -2.50. The molecule has 0 radical (unpaired) electrons. The van der Waals surface area contributed by atoms with Gasteiger partial charge in [0.25, 0.3) is 0 Å². The van der Waals surface area contributed by atoms with E-state index in [4.69, 9.17) is 4.74 Å². The van der Waals surface area contributed by atoms with Crippen LogP contribution in [0.1, 0.15) is 32.6 Å². The fourth-order valence-electron chi connectivity index (χ4n) is 2.48. The zero-order valence-corrected chi connectivity index (χ0v) is 11.1. The zero-order valence-electron chi connectivity index (χ0n) is 10.3. The van der Waals surface area contributed by atoms with Crippen molar-refractivity contribution < 1.29 is 14.6 Å². The Morgan fingerprint density at radius 3 is 2.82 bits per heavy atom. The minimum atomic E-state index is -0.682. The number of hydrogen-bond donors (Lipinski definition) is 2. The molecule has 0 amide bonds. The smallest absolute Gasteiger partial charge is 0.323 e. The van der Waals surface area contributed by atoms with Gasteiger partial charge in [-0.25, -0.2) is 0 Å². The van der Waals surface area contributed by atoms with E-state index in [1.54, 1.807) is 0 Å². The SMILES string of the molecule is CCCNC1(C(=O)O)CCC(SC2COC2)C1. The van der Waals surface area contributed by atoms with Gasteiger partial charge in [-0.2, -0.15) is 11.8 Å². The number of ether oxygens (including phenoxy) is 1. The van der Waals surface area contributed by atoms with E-state index in [1.807, 2.05) is 11.8 Å². The number of hydrogen-bond acceptors (Lipinski definition) is 4. The molecule has 5 heteroatoms. The molecule has 0 spiro atoms. The lowest BCUT2D eigenvalue weighted by atomic mass is 9.98. The van der Waals surface area contributed by atoms with Crippen LogP contribution in [0.2, 0.25) is 0 Å². The molecule has 1 heterocycles. The third-order valence-corrected chi connectivity index (χ3v) is 5.03. The monoisotopic (exact) mass is 259 g/mol. The molecule has 2 fully saturated rings. The van der Waals surface area contributed by atoms with Gasteiger partial charge in [-0.05, 0) is 32.2 Å². The number of aliphatic carboxylic acids is 1. The summed E-state index contributed by atoms with van der Waals surface area (Å²) in [6.45, 7) is 4.53. The third kappa shape index (κ3) is 2.95. The molecule has 1 saturated carbocycles. The molecular formula is C12H21NO3S. The van der Waals surface area contributed by atoms with Crippen molar-refractivity contribution in [3.05, 3.63) is 0 Å². The van der Waals surface area contributed by atoms with E-state index in [0.29, 0.717) is 10.5 Å². The van der Waals surface area contributed by atoms with Crippen molar-refractivity contribution >= 4 is 17.7 Å². The molecule has 2 unspecified atom stereocenters. The molecule has 2 rings (SSSR count). The van der Waals surface area contributed by atoms with E-state index in [-0.39, 0.29) is 0 Å². The van der Waals surface area contributed by atoms with E-state index in [2.05, 4.69) is 12.2 Å². The van der Waals surface area contributed by atoms with Crippen LogP contribution in [0.15, 0.2) is 0 Å². The molecule has 2 aliphatic rings. The molecule has 4 nitrogen and oxygen atoms in total. The van der Waals surface area contributed by atoms with Crippen LogP contribution in [0.25, 0.3) is 0 Å². The number of carbonyl (C=O) groups is 1. The standard InChI is InChI=1S/C12H21NO3S/c1-2-5-13-12(11(14)15)4-3-9(6-12)17-10-7-16-8-10/h9-10,13H,2-8H2,1H3,(H,14,15). The van der Waals surface area contributed by atoms with E-state index < -0.39 is 11.5 Å². The second-order valence-corrected chi connectivity index (χ2v) is 6.58. The van der Waals surface area contributed by atoms with Crippen LogP contribution in [-0.4, -0.2) is 46.9 Å². The summed E-state index contributed by atoms with van der Waals surface area (Å²) in [6, 6.07) is 0. The number of nitrogens with one attached hydrogen (secondary N) is 1. The molecule has 17 heavy (non-hydrogen) atoms. The van der Waals surface area contributed by atoms with Crippen molar-refractivity contribution in [2.24, 2.45) is 0 Å². The first-order valence-corrected chi connectivity index (χ1v) is 7.32. The zero-order chi connectivity index (χ0) is 12.3. The normalized spacial score (nSPS) is 33.6. The Balaban J connectivity index is 1.88. The van der Waals surface area contributed by atoms with Gasteiger partial charge in [-0.1, -0.05) is 6.92 Å². The van der Waals surface area contributed by atoms with Gasteiger partial charge in [0, 0.05) is 5.25 Å². The summed E-state index contributed by atoms with van der Waals surface area (Å²) in [6.07, 6.45) is 3.49. The number of carboxylic acids is 1. The second-order valence-electron chi connectivity index (χ2n) is 4.97. The van der Waals surface area contributed by atoms with Crippen molar-refractivity contribution in [2.45, 2.75) is 48.6 Å². The lowest BCUT2D eigenvalue weighted by molar-refractivity contribution is -0.144. The molecule has 1 aliphatic heterocycles. The maximum absolute atomic E-state index is 11.4. The summed E-state index contributed by atoms with van der Waals surface area (Å²) in [5.74, 6) is -0.682. The summed E-state index contributed by atoms with van der Waals surface area (Å²) in [7, 11) is 0. The molecule has 98 valence electrons. The summed E-state index contributed by atoms with van der Waals surface area (Å²) in [5.41, 5.74) is -0.668. The average Bonchev–Trinajstić information content (AvgIpc) is 2.66. The van der Waals surface area contributed by atoms with Crippen LogP contribution in [0.3, 0.4) is 0 Å². The van der Waals surface area contributed by atoms with Gasteiger partial charge in [0.2, 0.25) is 0 Å². The van der Waals surface area contributed by atoms with E-state index in [1.165, 1.54) is 0 Å². The number of rotatable bonds is 6. The van der Waals surface area contributed by atoms with Gasteiger partial charge in [-0.3, -0.25) is 4.79 Å². The summed E-state index contributed by atoms with van der Waals surface area (Å²) in [5, 5.41) is 13.7. The molecule has 1 aliphatic carbocycles. The van der Waals surface area contributed by atoms with E-state index in [9.17, 15) is 9.90 Å². The highest BCUT2D eigenvalue weighted by atomic mass is 32.2. The maximum atomic E-state index is 11.4. The summed E-state index contributed by atoms with van der Waals surface area (Å²) >= 11 is 1.92. The Hall–Kier alpha value is -0.260. The fourth-order valence-corrected chi connectivity index (χ4v) is 4.00. The summed E-state index contributed by atoms with van der Waals surface area (Å²) in [4.78, 5) is 11.4. The summed E-state index contributed by atoms with van der Waals surface area (Å²) < 4.78 is 5.16.